The average Bonchev–Trinajstić information content (AvgIpc) is 2.78. The Morgan fingerprint density at radius 3 is 2.25 bits per heavy atom. The zero-order valence-corrected chi connectivity index (χ0v) is 10.6. The first-order valence-corrected chi connectivity index (χ1v) is 6.74. The minimum Gasteiger partial charge on any atom is -0.395 e. The van der Waals surface area contributed by atoms with Crippen LogP contribution in [0.1, 0.15) is 33.1 Å². The van der Waals surface area contributed by atoms with E-state index >= 15 is 0 Å². The Morgan fingerprint density at radius 2 is 1.81 bits per heavy atom. The van der Waals surface area contributed by atoms with Crippen molar-refractivity contribution in [3.63, 3.8) is 0 Å². The summed E-state index contributed by atoms with van der Waals surface area (Å²) in [4.78, 5) is 2.44. The Labute approximate surface area is 99.0 Å². The molecule has 1 aliphatic carbocycles. The van der Waals surface area contributed by atoms with Gasteiger partial charge in [0.05, 0.1) is 6.61 Å². The molecule has 2 fully saturated rings. The summed E-state index contributed by atoms with van der Waals surface area (Å²) in [6, 6.07) is 0.273. The van der Waals surface area contributed by atoms with Crippen molar-refractivity contribution in [2.24, 2.45) is 23.5 Å². The fourth-order valence-electron chi connectivity index (χ4n) is 3.47. The van der Waals surface area contributed by atoms with Gasteiger partial charge in [0.2, 0.25) is 0 Å². The van der Waals surface area contributed by atoms with Crippen LogP contribution in [-0.2, 0) is 0 Å². The van der Waals surface area contributed by atoms with Gasteiger partial charge in [0.15, 0.2) is 0 Å². The third-order valence-electron chi connectivity index (χ3n) is 4.62. The Morgan fingerprint density at radius 1 is 1.25 bits per heavy atom. The first-order chi connectivity index (χ1) is 7.63. The molecule has 2 rings (SSSR count). The van der Waals surface area contributed by atoms with Crippen molar-refractivity contribution in [3.8, 4) is 0 Å². The zero-order valence-electron chi connectivity index (χ0n) is 10.6. The van der Waals surface area contributed by atoms with Crippen LogP contribution in [0.25, 0.3) is 0 Å². The lowest BCUT2D eigenvalue weighted by molar-refractivity contribution is 0.105. The Hall–Kier alpha value is -0.120. The molecule has 0 amide bonds. The smallest absolute Gasteiger partial charge is 0.0602 e. The molecular weight excluding hydrogens is 200 g/mol. The van der Waals surface area contributed by atoms with Crippen molar-refractivity contribution in [2.45, 2.75) is 45.2 Å². The maximum absolute atomic E-state index is 9.55. The molecule has 1 saturated carbocycles. The molecule has 0 aromatic heterocycles. The molecule has 0 bridgehead atoms. The van der Waals surface area contributed by atoms with Gasteiger partial charge in [-0.15, -0.1) is 0 Å². The van der Waals surface area contributed by atoms with Gasteiger partial charge >= 0.3 is 0 Å². The summed E-state index contributed by atoms with van der Waals surface area (Å²) >= 11 is 0. The highest BCUT2D eigenvalue weighted by molar-refractivity contribution is 4.94. The van der Waals surface area contributed by atoms with Crippen LogP contribution in [0.4, 0.5) is 0 Å². The van der Waals surface area contributed by atoms with Crippen molar-refractivity contribution in [3.05, 3.63) is 0 Å². The number of likely N-dealkylation sites (tertiary alicyclic amines) is 1. The number of nitrogens with zero attached hydrogens (tertiary/aromatic N) is 1. The van der Waals surface area contributed by atoms with Crippen LogP contribution in [0.2, 0.25) is 0 Å². The number of aliphatic hydroxyl groups excluding tert-OH is 1. The van der Waals surface area contributed by atoms with E-state index in [4.69, 9.17) is 5.73 Å². The van der Waals surface area contributed by atoms with E-state index in [0.29, 0.717) is 5.92 Å². The molecule has 4 unspecified atom stereocenters. The molecule has 0 radical (unpaired) electrons. The molecule has 1 saturated heterocycles. The number of hydrogen-bond donors (Lipinski definition) is 2. The molecule has 4 atom stereocenters. The van der Waals surface area contributed by atoms with E-state index in [1.54, 1.807) is 0 Å². The molecule has 3 nitrogen and oxygen atoms in total. The fourth-order valence-corrected chi connectivity index (χ4v) is 3.47. The molecule has 0 aromatic carbocycles. The third-order valence-corrected chi connectivity index (χ3v) is 4.62. The van der Waals surface area contributed by atoms with Gasteiger partial charge in [0.1, 0.15) is 0 Å². The van der Waals surface area contributed by atoms with Crippen molar-refractivity contribution >= 4 is 0 Å². The first-order valence-electron chi connectivity index (χ1n) is 6.74. The van der Waals surface area contributed by atoms with E-state index in [2.05, 4.69) is 18.7 Å². The van der Waals surface area contributed by atoms with Gasteiger partial charge < -0.3 is 10.8 Å². The van der Waals surface area contributed by atoms with E-state index in [0.717, 1.165) is 24.9 Å². The summed E-state index contributed by atoms with van der Waals surface area (Å²) in [6.07, 6.45) is 4.18. The standard InChI is InChI=1S/C13H26N2O/c1-9(2)13(14)12(8-16)15-6-10-4-3-5-11(10)7-15/h9-13,16H,3-8,14H2,1-2H3. The van der Waals surface area contributed by atoms with E-state index < -0.39 is 0 Å². The summed E-state index contributed by atoms with van der Waals surface area (Å²) in [5.41, 5.74) is 6.20. The summed E-state index contributed by atoms with van der Waals surface area (Å²) in [6.45, 7) is 6.82. The SMILES string of the molecule is CC(C)C(N)C(CO)N1CC2CCCC2C1. The minimum atomic E-state index is 0.101. The zero-order chi connectivity index (χ0) is 11.7. The number of fused-ring (bicyclic) bond motifs is 1. The summed E-state index contributed by atoms with van der Waals surface area (Å²) in [7, 11) is 0. The Balaban J connectivity index is 1.95. The van der Waals surface area contributed by atoms with Gasteiger partial charge in [-0.05, 0) is 30.6 Å². The number of hydrogen-bond acceptors (Lipinski definition) is 3. The predicted octanol–water partition coefficient (Wildman–Crippen LogP) is 1.06. The van der Waals surface area contributed by atoms with E-state index in [1.807, 2.05) is 0 Å². The lowest BCUT2D eigenvalue weighted by atomic mass is 9.96. The fraction of sp³-hybridized carbons (Fsp3) is 1.00. The van der Waals surface area contributed by atoms with Crippen molar-refractivity contribution in [1.29, 1.82) is 0 Å². The van der Waals surface area contributed by atoms with E-state index in [1.165, 1.54) is 19.3 Å². The van der Waals surface area contributed by atoms with Gasteiger partial charge in [-0.3, -0.25) is 4.90 Å². The second-order valence-electron chi connectivity index (χ2n) is 5.98. The highest BCUT2D eigenvalue weighted by Gasteiger charge is 2.40. The molecule has 0 aromatic rings. The molecule has 0 spiro atoms. The van der Waals surface area contributed by atoms with Crippen LogP contribution >= 0.6 is 0 Å². The predicted molar refractivity (Wildman–Crippen MR) is 66.1 cm³/mol. The number of aliphatic hydroxyl groups is 1. The average molecular weight is 226 g/mol. The topological polar surface area (TPSA) is 49.5 Å². The van der Waals surface area contributed by atoms with Gasteiger partial charge in [-0.2, -0.15) is 0 Å². The molecular formula is C13H26N2O. The van der Waals surface area contributed by atoms with Crippen LogP contribution in [0.5, 0.6) is 0 Å². The van der Waals surface area contributed by atoms with Crippen LogP contribution in [0.3, 0.4) is 0 Å². The molecule has 94 valence electrons. The lowest BCUT2D eigenvalue weighted by Crippen LogP contribution is -2.51. The van der Waals surface area contributed by atoms with Crippen LogP contribution in [0.15, 0.2) is 0 Å². The Kier molecular flexibility index (Phi) is 3.88. The highest BCUT2D eigenvalue weighted by Crippen LogP contribution is 2.38. The van der Waals surface area contributed by atoms with Gasteiger partial charge in [-0.1, -0.05) is 20.3 Å². The van der Waals surface area contributed by atoms with Crippen LogP contribution in [0, 0.1) is 17.8 Å². The maximum atomic E-state index is 9.55. The molecule has 1 heterocycles. The lowest BCUT2D eigenvalue weighted by Gasteiger charge is -2.33. The van der Waals surface area contributed by atoms with Crippen molar-refractivity contribution in [1.82, 2.24) is 4.90 Å². The monoisotopic (exact) mass is 226 g/mol. The molecule has 1 aliphatic heterocycles. The molecule has 3 heteroatoms. The quantitative estimate of drug-likeness (QED) is 0.753. The van der Waals surface area contributed by atoms with Crippen LogP contribution < -0.4 is 5.73 Å². The summed E-state index contributed by atoms with van der Waals surface area (Å²) in [5.74, 6) is 2.21. The number of nitrogens with two attached hydrogens (primary N) is 1. The van der Waals surface area contributed by atoms with E-state index in [-0.39, 0.29) is 18.7 Å². The van der Waals surface area contributed by atoms with Crippen LogP contribution in [-0.4, -0.2) is 41.8 Å². The highest BCUT2D eigenvalue weighted by atomic mass is 16.3. The molecule has 2 aliphatic rings. The summed E-state index contributed by atoms with van der Waals surface area (Å²) in [5, 5.41) is 9.55. The molecule has 16 heavy (non-hydrogen) atoms. The minimum absolute atomic E-state index is 0.101. The Bertz CT molecular complexity index is 220. The number of rotatable bonds is 4. The normalized spacial score (nSPS) is 34.3. The van der Waals surface area contributed by atoms with Crippen molar-refractivity contribution < 1.29 is 5.11 Å². The third kappa shape index (κ3) is 2.27. The first kappa shape index (κ1) is 12.3. The van der Waals surface area contributed by atoms with Gasteiger partial charge in [0, 0.05) is 25.2 Å². The van der Waals surface area contributed by atoms with Gasteiger partial charge in [-0.25, -0.2) is 0 Å². The maximum Gasteiger partial charge on any atom is 0.0602 e. The summed E-state index contributed by atoms with van der Waals surface area (Å²) < 4.78 is 0. The van der Waals surface area contributed by atoms with Gasteiger partial charge in [0.25, 0.3) is 0 Å². The molecule has 3 N–H and O–H groups in total. The largest absolute Gasteiger partial charge is 0.395 e. The second-order valence-corrected chi connectivity index (χ2v) is 5.98. The second kappa shape index (κ2) is 5.03. The van der Waals surface area contributed by atoms with E-state index in [9.17, 15) is 5.11 Å². The van der Waals surface area contributed by atoms with Crippen molar-refractivity contribution in [2.75, 3.05) is 19.7 Å².